The van der Waals surface area contributed by atoms with Crippen molar-refractivity contribution in [1.29, 1.82) is 0 Å². The van der Waals surface area contributed by atoms with Crippen LogP contribution in [0.3, 0.4) is 0 Å². The van der Waals surface area contributed by atoms with Crippen molar-refractivity contribution < 1.29 is 10.2 Å². The van der Waals surface area contributed by atoms with Gasteiger partial charge in [-0.2, -0.15) is 0 Å². The molecular formula is C10H26N4O2. The minimum absolute atomic E-state index is 0.197. The SMILES string of the molecule is OCCNCCNCCNCCNCCO. The van der Waals surface area contributed by atoms with Gasteiger partial charge in [0.05, 0.1) is 13.2 Å². The van der Waals surface area contributed by atoms with Gasteiger partial charge in [0.2, 0.25) is 0 Å². The van der Waals surface area contributed by atoms with Crippen LogP contribution in [0.5, 0.6) is 0 Å². The lowest BCUT2D eigenvalue weighted by atomic mass is 10.5. The summed E-state index contributed by atoms with van der Waals surface area (Å²) in [6.45, 7) is 7.23. The molecule has 0 fully saturated rings. The second-order valence-electron chi connectivity index (χ2n) is 3.45. The first-order valence-electron chi connectivity index (χ1n) is 5.96. The predicted molar refractivity (Wildman–Crippen MR) is 65.7 cm³/mol. The fourth-order valence-corrected chi connectivity index (χ4v) is 1.19. The van der Waals surface area contributed by atoms with E-state index in [0.29, 0.717) is 13.1 Å². The molecule has 0 unspecified atom stereocenters. The molecule has 0 aromatic rings. The third-order valence-corrected chi connectivity index (χ3v) is 2.01. The molecule has 0 heterocycles. The van der Waals surface area contributed by atoms with Crippen molar-refractivity contribution in [1.82, 2.24) is 21.3 Å². The van der Waals surface area contributed by atoms with Crippen LogP contribution in [0, 0.1) is 0 Å². The Morgan fingerprint density at radius 3 is 0.938 bits per heavy atom. The van der Waals surface area contributed by atoms with Gasteiger partial charge in [0.25, 0.3) is 0 Å². The van der Waals surface area contributed by atoms with Gasteiger partial charge in [-0.1, -0.05) is 0 Å². The molecule has 0 bridgehead atoms. The van der Waals surface area contributed by atoms with Crippen molar-refractivity contribution in [2.75, 3.05) is 65.6 Å². The molecule has 0 amide bonds. The van der Waals surface area contributed by atoms with Crippen LogP contribution in [0.1, 0.15) is 0 Å². The highest BCUT2D eigenvalue weighted by Crippen LogP contribution is 1.63. The van der Waals surface area contributed by atoms with Gasteiger partial charge in [-0.05, 0) is 0 Å². The second-order valence-corrected chi connectivity index (χ2v) is 3.45. The van der Waals surface area contributed by atoms with E-state index in [2.05, 4.69) is 21.3 Å². The Labute approximate surface area is 97.8 Å². The average molecular weight is 234 g/mol. The molecular weight excluding hydrogens is 208 g/mol. The molecule has 0 saturated heterocycles. The fraction of sp³-hybridized carbons (Fsp3) is 1.00. The van der Waals surface area contributed by atoms with Crippen LogP contribution in [0.15, 0.2) is 0 Å². The predicted octanol–water partition coefficient (Wildman–Crippen LogP) is -2.67. The number of nitrogens with one attached hydrogen (secondary N) is 4. The van der Waals surface area contributed by atoms with Gasteiger partial charge in [-0.15, -0.1) is 0 Å². The van der Waals surface area contributed by atoms with Gasteiger partial charge in [0, 0.05) is 52.4 Å². The van der Waals surface area contributed by atoms with Gasteiger partial charge in [0.1, 0.15) is 0 Å². The Morgan fingerprint density at radius 2 is 0.688 bits per heavy atom. The third-order valence-electron chi connectivity index (χ3n) is 2.01. The number of aliphatic hydroxyl groups is 2. The molecule has 0 rings (SSSR count). The van der Waals surface area contributed by atoms with Gasteiger partial charge in [-0.25, -0.2) is 0 Å². The van der Waals surface area contributed by atoms with Crippen molar-refractivity contribution in [3.05, 3.63) is 0 Å². The standard InChI is InChI=1S/C10H26N4O2/c15-9-7-13-5-3-11-1-2-12-4-6-14-8-10-16/h11-16H,1-10H2. The number of rotatable bonds is 13. The zero-order valence-electron chi connectivity index (χ0n) is 9.97. The van der Waals surface area contributed by atoms with Crippen LogP contribution < -0.4 is 21.3 Å². The molecule has 6 nitrogen and oxygen atoms in total. The van der Waals surface area contributed by atoms with Crippen LogP contribution in [0.2, 0.25) is 0 Å². The van der Waals surface area contributed by atoms with E-state index in [9.17, 15) is 0 Å². The zero-order chi connectivity index (χ0) is 11.9. The summed E-state index contributed by atoms with van der Waals surface area (Å²) in [4.78, 5) is 0. The second kappa shape index (κ2) is 14.8. The van der Waals surface area contributed by atoms with Crippen molar-refractivity contribution in [3.63, 3.8) is 0 Å². The Balaban J connectivity index is 2.83. The summed E-state index contributed by atoms with van der Waals surface area (Å²) >= 11 is 0. The van der Waals surface area contributed by atoms with E-state index in [4.69, 9.17) is 10.2 Å². The highest BCUT2D eigenvalue weighted by atomic mass is 16.3. The van der Waals surface area contributed by atoms with Gasteiger partial charge < -0.3 is 31.5 Å². The summed E-state index contributed by atoms with van der Waals surface area (Å²) < 4.78 is 0. The van der Waals surface area contributed by atoms with Crippen molar-refractivity contribution in [2.24, 2.45) is 0 Å². The molecule has 0 spiro atoms. The molecule has 0 saturated carbocycles. The van der Waals surface area contributed by atoms with Gasteiger partial charge >= 0.3 is 0 Å². The average Bonchev–Trinajstić information content (AvgIpc) is 2.31. The first-order valence-corrected chi connectivity index (χ1v) is 5.96. The maximum absolute atomic E-state index is 8.51. The molecule has 0 aromatic carbocycles. The van der Waals surface area contributed by atoms with E-state index >= 15 is 0 Å². The smallest absolute Gasteiger partial charge is 0.0555 e. The van der Waals surface area contributed by atoms with Crippen molar-refractivity contribution >= 4 is 0 Å². The van der Waals surface area contributed by atoms with Gasteiger partial charge in [-0.3, -0.25) is 0 Å². The minimum Gasteiger partial charge on any atom is -0.395 e. The largest absolute Gasteiger partial charge is 0.395 e. The number of hydrogen-bond acceptors (Lipinski definition) is 6. The lowest BCUT2D eigenvalue weighted by Crippen LogP contribution is -2.35. The van der Waals surface area contributed by atoms with Crippen LogP contribution in [-0.2, 0) is 0 Å². The Morgan fingerprint density at radius 1 is 0.438 bits per heavy atom. The highest BCUT2D eigenvalue weighted by molar-refractivity contribution is 4.56. The van der Waals surface area contributed by atoms with Crippen molar-refractivity contribution in [2.45, 2.75) is 0 Å². The summed E-state index contributed by atoms with van der Waals surface area (Å²) in [6, 6.07) is 0. The molecule has 0 aromatic heterocycles. The molecule has 16 heavy (non-hydrogen) atoms. The topological polar surface area (TPSA) is 88.6 Å². The molecule has 0 atom stereocenters. The van der Waals surface area contributed by atoms with Crippen LogP contribution in [-0.4, -0.2) is 75.8 Å². The molecule has 0 aliphatic carbocycles. The molecule has 0 aliphatic rings. The zero-order valence-corrected chi connectivity index (χ0v) is 9.97. The Bertz CT molecular complexity index is 113. The number of aliphatic hydroxyl groups excluding tert-OH is 2. The first kappa shape index (κ1) is 15.8. The quantitative estimate of drug-likeness (QED) is 0.195. The third kappa shape index (κ3) is 13.8. The molecule has 0 aliphatic heterocycles. The van der Waals surface area contributed by atoms with Crippen molar-refractivity contribution in [3.8, 4) is 0 Å². The Hall–Kier alpha value is -0.240. The van der Waals surface area contributed by atoms with E-state index in [0.717, 1.165) is 39.3 Å². The number of hydrogen-bond donors (Lipinski definition) is 6. The minimum atomic E-state index is 0.197. The summed E-state index contributed by atoms with van der Waals surface area (Å²) in [5, 5.41) is 29.8. The normalized spacial score (nSPS) is 10.9. The van der Waals surface area contributed by atoms with E-state index in [1.54, 1.807) is 0 Å². The van der Waals surface area contributed by atoms with E-state index < -0.39 is 0 Å². The van der Waals surface area contributed by atoms with E-state index in [1.165, 1.54) is 0 Å². The van der Waals surface area contributed by atoms with Crippen LogP contribution in [0.4, 0.5) is 0 Å². The maximum atomic E-state index is 8.51. The van der Waals surface area contributed by atoms with E-state index in [1.807, 2.05) is 0 Å². The lowest BCUT2D eigenvalue weighted by molar-refractivity contribution is 0.292. The molecule has 6 N–H and O–H groups in total. The highest BCUT2D eigenvalue weighted by Gasteiger charge is 1.89. The summed E-state index contributed by atoms with van der Waals surface area (Å²) in [5.41, 5.74) is 0. The summed E-state index contributed by atoms with van der Waals surface area (Å²) in [7, 11) is 0. The fourth-order valence-electron chi connectivity index (χ4n) is 1.19. The summed E-state index contributed by atoms with van der Waals surface area (Å²) in [6.07, 6.45) is 0. The first-order chi connectivity index (χ1) is 7.91. The maximum Gasteiger partial charge on any atom is 0.0555 e. The molecule has 98 valence electrons. The lowest BCUT2D eigenvalue weighted by Gasteiger charge is -2.07. The van der Waals surface area contributed by atoms with E-state index in [-0.39, 0.29) is 13.2 Å². The monoisotopic (exact) mass is 234 g/mol. The van der Waals surface area contributed by atoms with Crippen LogP contribution in [0.25, 0.3) is 0 Å². The van der Waals surface area contributed by atoms with Gasteiger partial charge in [0.15, 0.2) is 0 Å². The molecule has 0 radical (unpaired) electrons. The summed E-state index contributed by atoms with van der Waals surface area (Å²) in [5.74, 6) is 0. The van der Waals surface area contributed by atoms with Crippen LogP contribution >= 0.6 is 0 Å². The molecule has 6 heteroatoms. The Kier molecular flexibility index (Phi) is 14.5.